The van der Waals surface area contributed by atoms with E-state index in [1.165, 1.54) is 5.56 Å². The molecule has 6 heteroatoms. The van der Waals surface area contributed by atoms with Crippen LogP contribution in [0.1, 0.15) is 5.56 Å². The first-order valence-corrected chi connectivity index (χ1v) is 6.51. The lowest BCUT2D eigenvalue weighted by atomic mass is 10.0. The molecule has 100 valence electrons. The molecule has 1 aliphatic rings. The minimum absolute atomic E-state index is 0.562. The summed E-state index contributed by atoms with van der Waals surface area (Å²) in [5.41, 5.74) is 3.77. The summed E-state index contributed by atoms with van der Waals surface area (Å²) in [5, 5.41) is 10.8. The number of fused-ring (bicyclic) bond motifs is 2. The Bertz CT molecular complexity index is 795. The zero-order valence-corrected chi connectivity index (χ0v) is 11.0. The Morgan fingerprint density at radius 2 is 2.25 bits per heavy atom. The van der Waals surface area contributed by atoms with Gasteiger partial charge in [-0.25, -0.2) is 4.98 Å². The molecule has 4 rings (SSSR count). The third-order valence-electron chi connectivity index (χ3n) is 3.50. The molecule has 0 fully saturated rings. The number of aromatic nitrogens is 4. The van der Waals surface area contributed by atoms with Crippen LogP contribution in [0.2, 0.25) is 0 Å². The number of hydrogen-bond donors (Lipinski definition) is 2. The largest absolute Gasteiger partial charge is 0.492 e. The highest BCUT2D eigenvalue weighted by atomic mass is 16.5. The quantitative estimate of drug-likeness (QED) is 0.742. The number of H-pyrrole nitrogens is 1. The van der Waals surface area contributed by atoms with Crippen LogP contribution in [0.25, 0.3) is 22.3 Å². The summed E-state index contributed by atoms with van der Waals surface area (Å²) in [6.45, 7) is 0.727. The topological polar surface area (TPSA) is 75.7 Å². The number of para-hydroxylation sites is 1. The van der Waals surface area contributed by atoms with Crippen LogP contribution in [0.15, 0.2) is 24.4 Å². The van der Waals surface area contributed by atoms with E-state index < -0.39 is 0 Å². The zero-order valence-electron chi connectivity index (χ0n) is 11.0. The number of rotatable bonds is 2. The highest BCUT2D eigenvalue weighted by Gasteiger charge is 2.20. The van der Waals surface area contributed by atoms with E-state index in [-0.39, 0.29) is 0 Å². The smallest absolute Gasteiger partial charge is 0.225 e. The van der Waals surface area contributed by atoms with Gasteiger partial charge in [-0.2, -0.15) is 10.1 Å². The molecular formula is C14H13N5O. The Morgan fingerprint density at radius 1 is 1.30 bits per heavy atom. The number of ether oxygens (including phenoxy) is 1. The molecule has 0 saturated carbocycles. The summed E-state index contributed by atoms with van der Waals surface area (Å²) in [6, 6.07) is 6.16. The molecule has 6 nitrogen and oxygen atoms in total. The van der Waals surface area contributed by atoms with Gasteiger partial charge in [0.1, 0.15) is 5.75 Å². The van der Waals surface area contributed by atoms with Crippen LogP contribution < -0.4 is 10.1 Å². The zero-order chi connectivity index (χ0) is 13.5. The van der Waals surface area contributed by atoms with Crippen LogP contribution in [0.3, 0.4) is 0 Å². The number of benzene rings is 1. The van der Waals surface area contributed by atoms with Gasteiger partial charge in [0.2, 0.25) is 5.95 Å². The maximum absolute atomic E-state index is 5.77. The summed E-state index contributed by atoms with van der Waals surface area (Å²) < 4.78 is 5.77. The molecule has 0 unspecified atom stereocenters. The van der Waals surface area contributed by atoms with Crippen molar-refractivity contribution in [3.63, 3.8) is 0 Å². The maximum atomic E-state index is 5.77. The lowest BCUT2D eigenvalue weighted by molar-refractivity contribution is 0.358. The second-order valence-corrected chi connectivity index (χ2v) is 4.67. The van der Waals surface area contributed by atoms with Crippen LogP contribution in [-0.4, -0.2) is 33.8 Å². The number of anilines is 1. The molecular weight excluding hydrogens is 254 g/mol. The van der Waals surface area contributed by atoms with Gasteiger partial charge in [-0.1, -0.05) is 12.1 Å². The fraction of sp³-hybridized carbons (Fsp3) is 0.214. The Balaban J connectivity index is 2.03. The summed E-state index contributed by atoms with van der Waals surface area (Å²) in [4.78, 5) is 8.93. The Morgan fingerprint density at radius 3 is 3.15 bits per heavy atom. The molecule has 3 heterocycles. The molecule has 1 aliphatic heterocycles. The lowest BCUT2D eigenvalue weighted by Crippen LogP contribution is -1.99. The predicted octanol–water partition coefficient (Wildman–Crippen LogP) is 2.00. The number of nitrogens with one attached hydrogen (secondary N) is 2. The third-order valence-corrected chi connectivity index (χ3v) is 3.50. The lowest BCUT2D eigenvalue weighted by Gasteiger charge is -2.09. The van der Waals surface area contributed by atoms with Gasteiger partial charge in [0.15, 0.2) is 5.65 Å². The van der Waals surface area contributed by atoms with E-state index in [4.69, 9.17) is 4.74 Å². The van der Waals surface area contributed by atoms with Gasteiger partial charge < -0.3 is 10.1 Å². The molecule has 2 aromatic heterocycles. The van der Waals surface area contributed by atoms with Crippen molar-refractivity contribution >= 4 is 17.0 Å². The van der Waals surface area contributed by atoms with Gasteiger partial charge in [0.25, 0.3) is 0 Å². The Hall–Kier alpha value is -2.63. The fourth-order valence-corrected chi connectivity index (χ4v) is 2.55. The van der Waals surface area contributed by atoms with Crippen molar-refractivity contribution in [2.75, 3.05) is 19.0 Å². The van der Waals surface area contributed by atoms with Crippen molar-refractivity contribution in [2.45, 2.75) is 6.42 Å². The second-order valence-electron chi connectivity index (χ2n) is 4.67. The van der Waals surface area contributed by atoms with Crippen molar-refractivity contribution < 1.29 is 4.74 Å². The van der Waals surface area contributed by atoms with Crippen LogP contribution in [0, 0.1) is 0 Å². The molecule has 0 spiro atoms. The van der Waals surface area contributed by atoms with Crippen molar-refractivity contribution in [2.24, 2.45) is 0 Å². The van der Waals surface area contributed by atoms with Crippen LogP contribution in [0.4, 0.5) is 5.95 Å². The Kier molecular flexibility index (Phi) is 2.35. The second kappa shape index (κ2) is 4.19. The summed E-state index contributed by atoms with van der Waals surface area (Å²) in [7, 11) is 1.80. The van der Waals surface area contributed by atoms with E-state index in [9.17, 15) is 0 Å². The van der Waals surface area contributed by atoms with Gasteiger partial charge in [-0.15, -0.1) is 0 Å². The minimum Gasteiger partial charge on any atom is -0.492 e. The summed E-state index contributed by atoms with van der Waals surface area (Å²) >= 11 is 0. The number of aromatic amines is 1. The molecule has 0 bridgehead atoms. The molecule has 0 saturated heterocycles. The monoisotopic (exact) mass is 267 g/mol. The first-order chi connectivity index (χ1) is 9.86. The van der Waals surface area contributed by atoms with Gasteiger partial charge in [-0.3, -0.25) is 5.10 Å². The normalized spacial score (nSPS) is 13.2. The van der Waals surface area contributed by atoms with Gasteiger partial charge in [-0.05, 0) is 11.6 Å². The van der Waals surface area contributed by atoms with Crippen molar-refractivity contribution in [3.05, 3.63) is 30.0 Å². The fourth-order valence-electron chi connectivity index (χ4n) is 2.55. The van der Waals surface area contributed by atoms with Crippen molar-refractivity contribution in [1.29, 1.82) is 0 Å². The van der Waals surface area contributed by atoms with E-state index in [0.717, 1.165) is 41.1 Å². The molecule has 1 aromatic carbocycles. The van der Waals surface area contributed by atoms with Crippen LogP contribution >= 0.6 is 0 Å². The number of nitrogens with zero attached hydrogens (tertiary/aromatic N) is 3. The van der Waals surface area contributed by atoms with E-state index in [1.54, 1.807) is 13.2 Å². The standard InChI is InChI=1S/C14H13N5O/c1-15-14-17-11(10-7-16-19-13(10)18-14)9-4-2-3-8-5-6-20-12(8)9/h2-4,7H,5-6H2,1H3,(H2,15,16,17,18,19). The molecule has 0 amide bonds. The average molecular weight is 267 g/mol. The van der Waals surface area contributed by atoms with Crippen LogP contribution in [0.5, 0.6) is 5.75 Å². The molecule has 0 aliphatic carbocycles. The number of hydrogen-bond acceptors (Lipinski definition) is 5. The predicted molar refractivity (Wildman–Crippen MR) is 75.9 cm³/mol. The van der Waals surface area contributed by atoms with Crippen molar-refractivity contribution in [3.8, 4) is 17.0 Å². The minimum atomic E-state index is 0.562. The first kappa shape index (κ1) is 11.2. The van der Waals surface area contributed by atoms with E-state index in [1.807, 2.05) is 12.1 Å². The van der Waals surface area contributed by atoms with E-state index >= 15 is 0 Å². The average Bonchev–Trinajstić information content (AvgIpc) is 3.14. The third kappa shape index (κ3) is 1.54. The highest BCUT2D eigenvalue weighted by Crippen LogP contribution is 2.38. The SMILES string of the molecule is CNc1nc(-c2cccc3c2OCC3)c2cn[nH]c2n1. The summed E-state index contributed by atoms with van der Waals surface area (Å²) in [6.07, 6.45) is 2.69. The first-order valence-electron chi connectivity index (χ1n) is 6.51. The summed E-state index contributed by atoms with van der Waals surface area (Å²) in [5.74, 6) is 1.49. The van der Waals surface area contributed by atoms with Crippen molar-refractivity contribution in [1.82, 2.24) is 20.2 Å². The molecule has 0 radical (unpaired) electrons. The van der Waals surface area contributed by atoms with Gasteiger partial charge in [0, 0.05) is 19.0 Å². The molecule has 20 heavy (non-hydrogen) atoms. The molecule has 3 aromatic rings. The van der Waals surface area contributed by atoms with Gasteiger partial charge >= 0.3 is 0 Å². The molecule has 2 N–H and O–H groups in total. The molecule has 0 atom stereocenters. The van der Waals surface area contributed by atoms with Crippen LogP contribution in [-0.2, 0) is 6.42 Å². The van der Waals surface area contributed by atoms with E-state index in [0.29, 0.717) is 5.95 Å². The highest BCUT2D eigenvalue weighted by molar-refractivity contribution is 5.92. The maximum Gasteiger partial charge on any atom is 0.225 e. The Labute approximate surface area is 115 Å². The van der Waals surface area contributed by atoms with Gasteiger partial charge in [0.05, 0.1) is 23.9 Å². The van der Waals surface area contributed by atoms with E-state index in [2.05, 4.69) is 31.5 Å².